The van der Waals surface area contributed by atoms with Gasteiger partial charge >= 0.3 is 5.97 Å². The number of nitrogens with zero attached hydrogens (tertiary/aromatic N) is 1. The molecule has 1 aromatic carbocycles. The van der Waals surface area contributed by atoms with Gasteiger partial charge in [-0.25, -0.2) is 9.18 Å². The first-order valence-corrected chi connectivity index (χ1v) is 8.81. The van der Waals surface area contributed by atoms with Crippen molar-refractivity contribution in [3.8, 4) is 11.3 Å². The fraction of sp³-hybridized carbons (Fsp3) is 0.250. The quantitative estimate of drug-likeness (QED) is 0.591. The zero-order valence-corrected chi connectivity index (χ0v) is 15.2. The summed E-state index contributed by atoms with van der Waals surface area (Å²) in [6.07, 6.45) is 5.19. The summed E-state index contributed by atoms with van der Waals surface area (Å²) >= 11 is 0. The van der Waals surface area contributed by atoms with Crippen molar-refractivity contribution >= 4 is 11.8 Å². The van der Waals surface area contributed by atoms with Crippen molar-refractivity contribution in [1.82, 2.24) is 10.1 Å². The van der Waals surface area contributed by atoms with Crippen LogP contribution in [-0.4, -0.2) is 33.0 Å². The number of hydrogen-bond acceptors (Lipinski definition) is 5. The fourth-order valence-electron chi connectivity index (χ4n) is 2.71. The second kappa shape index (κ2) is 8.18. The molecule has 1 saturated carbocycles. The highest BCUT2D eigenvalue weighted by atomic mass is 19.1. The zero-order chi connectivity index (χ0) is 20.3. The Hall–Kier alpha value is -3.26. The van der Waals surface area contributed by atoms with E-state index in [0.717, 1.165) is 0 Å². The lowest BCUT2D eigenvalue weighted by Crippen LogP contribution is -2.27. The van der Waals surface area contributed by atoms with E-state index in [0.29, 0.717) is 11.6 Å². The summed E-state index contributed by atoms with van der Waals surface area (Å²) in [5.41, 5.74) is 6.22. The van der Waals surface area contributed by atoms with Crippen molar-refractivity contribution < 1.29 is 23.6 Å². The number of aromatic amines is 1. The van der Waals surface area contributed by atoms with Crippen LogP contribution < -0.4 is 5.73 Å². The Balaban J connectivity index is 0.000000391. The van der Waals surface area contributed by atoms with E-state index in [2.05, 4.69) is 10.1 Å². The molecule has 0 spiro atoms. The molecule has 4 N–H and O–H groups in total. The maximum Gasteiger partial charge on any atom is 0.352 e. The number of aromatic carboxylic acids is 1. The number of benzene rings is 1. The van der Waals surface area contributed by atoms with Gasteiger partial charge < -0.3 is 20.3 Å². The van der Waals surface area contributed by atoms with Gasteiger partial charge in [0.05, 0.1) is 5.56 Å². The third-order valence-corrected chi connectivity index (χ3v) is 4.51. The molecule has 1 fully saturated rings. The Morgan fingerprint density at radius 3 is 2.57 bits per heavy atom. The molecule has 28 heavy (non-hydrogen) atoms. The molecule has 3 aromatic rings. The first-order valence-electron chi connectivity index (χ1n) is 8.81. The molecule has 2 heterocycles. The van der Waals surface area contributed by atoms with Crippen LogP contribution in [0.3, 0.4) is 0 Å². The standard InChI is InChI=1S/C16H11FN2O4.C4H9N/c1-8-13(15(20)10-6-12(16(21)22)18-7-10)14(19-23-8)9-3-2-4-11(17)5-9;5-4-2-1-3-4/h2-7,18H,1H3,(H,21,22);4H,1-3,5H2. The van der Waals surface area contributed by atoms with Crippen molar-refractivity contribution in [2.75, 3.05) is 0 Å². The molecule has 0 bridgehead atoms. The van der Waals surface area contributed by atoms with Gasteiger partial charge in [-0.15, -0.1) is 0 Å². The smallest absolute Gasteiger partial charge is 0.352 e. The molecule has 0 aliphatic heterocycles. The van der Waals surface area contributed by atoms with Crippen LogP contribution in [0, 0.1) is 12.7 Å². The largest absolute Gasteiger partial charge is 0.477 e. The summed E-state index contributed by atoms with van der Waals surface area (Å²) in [4.78, 5) is 26.0. The Morgan fingerprint density at radius 2 is 2.04 bits per heavy atom. The van der Waals surface area contributed by atoms with Gasteiger partial charge in [0.2, 0.25) is 0 Å². The Morgan fingerprint density at radius 1 is 1.32 bits per heavy atom. The van der Waals surface area contributed by atoms with Crippen molar-refractivity contribution in [1.29, 1.82) is 0 Å². The lowest BCUT2D eigenvalue weighted by atomic mass is 9.95. The monoisotopic (exact) mass is 385 g/mol. The number of halogens is 1. The number of carboxylic acids is 1. The molecular weight excluding hydrogens is 365 g/mol. The van der Waals surface area contributed by atoms with Gasteiger partial charge in [-0.1, -0.05) is 23.7 Å². The number of carboxylic acid groups (broad SMARTS) is 1. The normalized spacial score (nSPS) is 13.4. The molecule has 0 unspecified atom stereocenters. The minimum atomic E-state index is -1.17. The summed E-state index contributed by atoms with van der Waals surface area (Å²) in [5.74, 6) is -1.81. The minimum Gasteiger partial charge on any atom is -0.477 e. The molecule has 4 rings (SSSR count). The molecule has 0 radical (unpaired) electrons. The second-order valence-corrected chi connectivity index (χ2v) is 6.60. The number of nitrogens with two attached hydrogens (primary N) is 1. The number of ketones is 1. The predicted molar refractivity (Wildman–Crippen MR) is 99.6 cm³/mol. The lowest BCUT2D eigenvalue weighted by molar-refractivity contribution is 0.0691. The highest BCUT2D eigenvalue weighted by Gasteiger charge is 2.24. The molecule has 7 nitrogen and oxygen atoms in total. The molecular formula is C20H20FN3O4. The summed E-state index contributed by atoms with van der Waals surface area (Å²) in [6, 6.07) is 7.43. The number of aryl methyl sites for hydroxylation is 1. The van der Waals surface area contributed by atoms with Crippen LogP contribution >= 0.6 is 0 Å². The molecule has 0 amide bonds. The predicted octanol–water partition coefficient (Wildman–Crippen LogP) is 3.54. The van der Waals surface area contributed by atoms with Crippen molar-refractivity contribution in [2.24, 2.45) is 5.73 Å². The number of carbonyl (C=O) groups is 2. The van der Waals surface area contributed by atoms with Crippen LogP contribution in [0.15, 0.2) is 41.1 Å². The van der Waals surface area contributed by atoms with Gasteiger partial charge in [-0.2, -0.15) is 0 Å². The van der Waals surface area contributed by atoms with Crippen LogP contribution in [0.4, 0.5) is 4.39 Å². The Bertz CT molecular complexity index is 1000. The molecule has 146 valence electrons. The molecule has 2 aromatic heterocycles. The summed E-state index contributed by atoms with van der Waals surface area (Å²) in [6.45, 7) is 1.56. The van der Waals surface area contributed by atoms with E-state index < -0.39 is 17.6 Å². The summed E-state index contributed by atoms with van der Waals surface area (Å²) < 4.78 is 18.5. The zero-order valence-electron chi connectivity index (χ0n) is 15.2. The fourth-order valence-corrected chi connectivity index (χ4v) is 2.71. The first kappa shape index (κ1) is 19.5. The van der Waals surface area contributed by atoms with Crippen LogP contribution in [0.25, 0.3) is 11.3 Å². The maximum absolute atomic E-state index is 13.4. The van der Waals surface area contributed by atoms with E-state index in [-0.39, 0.29) is 28.3 Å². The van der Waals surface area contributed by atoms with Gasteiger partial charge in [0.25, 0.3) is 0 Å². The number of H-pyrrole nitrogens is 1. The van der Waals surface area contributed by atoms with E-state index in [1.165, 1.54) is 49.7 Å². The highest BCUT2D eigenvalue weighted by Crippen LogP contribution is 2.28. The van der Waals surface area contributed by atoms with E-state index in [1.54, 1.807) is 13.0 Å². The van der Waals surface area contributed by atoms with Crippen LogP contribution in [-0.2, 0) is 0 Å². The van der Waals surface area contributed by atoms with E-state index >= 15 is 0 Å². The minimum absolute atomic E-state index is 0.102. The SMILES string of the molecule is Cc1onc(-c2cccc(F)c2)c1C(=O)c1c[nH]c(C(=O)O)c1.NC1CCC1. The molecule has 1 aliphatic carbocycles. The second-order valence-electron chi connectivity index (χ2n) is 6.60. The van der Waals surface area contributed by atoms with Gasteiger partial charge in [0.15, 0.2) is 5.78 Å². The van der Waals surface area contributed by atoms with Gasteiger partial charge in [0, 0.05) is 23.4 Å². The third-order valence-electron chi connectivity index (χ3n) is 4.51. The average Bonchev–Trinajstić information content (AvgIpc) is 3.27. The third kappa shape index (κ3) is 4.17. The van der Waals surface area contributed by atoms with Crippen LogP contribution in [0.2, 0.25) is 0 Å². The molecule has 1 aliphatic rings. The molecule has 0 saturated heterocycles. The lowest BCUT2D eigenvalue weighted by Gasteiger charge is -2.18. The number of aromatic nitrogens is 2. The van der Waals surface area contributed by atoms with Crippen molar-refractivity contribution in [3.63, 3.8) is 0 Å². The number of nitrogens with one attached hydrogen (secondary N) is 1. The van der Waals surface area contributed by atoms with Crippen LogP contribution in [0.1, 0.15) is 51.4 Å². The Kier molecular flexibility index (Phi) is 5.70. The number of rotatable bonds is 4. The average molecular weight is 385 g/mol. The first-order chi connectivity index (χ1) is 13.4. The van der Waals surface area contributed by atoms with Gasteiger partial charge in [-0.3, -0.25) is 4.79 Å². The van der Waals surface area contributed by atoms with Crippen molar-refractivity contribution in [3.05, 3.63) is 64.9 Å². The van der Waals surface area contributed by atoms with Gasteiger partial charge in [-0.05, 0) is 38.0 Å². The van der Waals surface area contributed by atoms with Gasteiger partial charge in [0.1, 0.15) is 23.0 Å². The number of carbonyl (C=O) groups excluding carboxylic acids is 1. The summed E-state index contributed by atoms with van der Waals surface area (Å²) in [7, 11) is 0. The molecule has 0 atom stereocenters. The Labute approximate surface area is 160 Å². The topological polar surface area (TPSA) is 122 Å². The van der Waals surface area contributed by atoms with E-state index in [4.69, 9.17) is 15.4 Å². The molecule has 8 heteroatoms. The number of hydrogen-bond donors (Lipinski definition) is 3. The van der Waals surface area contributed by atoms with Crippen LogP contribution in [0.5, 0.6) is 0 Å². The van der Waals surface area contributed by atoms with E-state index in [9.17, 15) is 14.0 Å². The van der Waals surface area contributed by atoms with E-state index in [1.807, 2.05) is 0 Å². The van der Waals surface area contributed by atoms with Crippen molar-refractivity contribution in [2.45, 2.75) is 32.2 Å². The highest BCUT2D eigenvalue weighted by molar-refractivity contribution is 6.13. The summed E-state index contributed by atoms with van der Waals surface area (Å²) in [5, 5.41) is 12.7. The maximum atomic E-state index is 13.4.